The number of carbonyl (C=O) groups is 1. The molecule has 1 heterocycles. The summed E-state index contributed by atoms with van der Waals surface area (Å²) >= 11 is 1.19. The summed E-state index contributed by atoms with van der Waals surface area (Å²) in [4.78, 5) is 15.0. The fraction of sp³-hybridized carbons (Fsp3) is 0.167. The van der Waals surface area contributed by atoms with Gasteiger partial charge in [0.25, 0.3) is 15.9 Å². The molecule has 2 N–H and O–H groups in total. The number of hydrogen-bond donors (Lipinski definition) is 2. The first-order valence-electron chi connectivity index (χ1n) is 5.87. The van der Waals surface area contributed by atoms with Gasteiger partial charge in [-0.2, -0.15) is 0 Å². The number of hydrogen-bond acceptors (Lipinski definition) is 6. The van der Waals surface area contributed by atoms with Crippen LogP contribution in [0.15, 0.2) is 40.7 Å². The highest BCUT2D eigenvalue weighted by Gasteiger charge is 2.15. The van der Waals surface area contributed by atoms with E-state index < -0.39 is 10.0 Å². The van der Waals surface area contributed by atoms with Gasteiger partial charge in [-0.1, -0.05) is 0 Å². The largest absolute Gasteiger partial charge is 0.484 e. The minimum Gasteiger partial charge on any atom is -0.484 e. The van der Waals surface area contributed by atoms with E-state index in [1.54, 1.807) is 5.38 Å². The van der Waals surface area contributed by atoms with Gasteiger partial charge in [0.15, 0.2) is 11.7 Å². The highest BCUT2D eigenvalue weighted by molar-refractivity contribution is 7.93. The molecule has 0 atom stereocenters. The number of rotatable bonds is 6. The third-order valence-electron chi connectivity index (χ3n) is 2.44. The van der Waals surface area contributed by atoms with Crippen LogP contribution in [0, 0.1) is 0 Å². The van der Waals surface area contributed by atoms with Crippen LogP contribution in [0.5, 0.6) is 5.75 Å². The van der Waals surface area contributed by atoms with E-state index in [0.29, 0.717) is 10.9 Å². The molecule has 0 bridgehead atoms. The lowest BCUT2D eigenvalue weighted by molar-refractivity contribution is -0.122. The van der Waals surface area contributed by atoms with E-state index in [1.165, 1.54) is 48.8 Å². The van der Waals surface area contributed by atoms with Gasteiger partial charge in [0.2, 0.25) is 0 Å². The maximum atomic E-state index is 12.1. The van der Waals surface area contributed by atoms with Gasteiger partial charge < -0.3 is 10.1 Å². The normalized spacial score (nSPS) is 10.9. The molecule has 0 saturated carbocycles. The van der Waals surface area contributed by atoms with E-state index in [0.717, 1.165) is 0 Å². The Morgan fingerprint density at radius 1 is 1.33 bits per heavy atom. The molecule has 0 spiro atoms. The van der Waals surface area contributed by atoms with Gasteiger partial charge in [-0.25, -0.2) is 13.4 Å². The average molecular weight is 327 g/mol. The maximum absolute atomic E-state index is 12.1. The van der Waals surface area contributed by atoms with Crippen LogP contribution in [0.1, 0.15) is 0 Å². The van der Waals surface area contributed by atoms with Gasteiger partial charge in [0.05, 0.1) is 4.90 Å². The third-order valence-corrected chi connectivity index (χ3v) is 4.61. The van der Waals surface area contributed by atoms with Crippen LogP contribution in [-0.4, -0.2) is 33.0 Å². The van der Waals surface area contributed by atoms with Gasteiger partial charge in [0, 0.05) is 18.6 Å². The molecule has 0 aliphatic carbocycles. The fourth-order valence-corrected chi connectivity index (χ4v) is 3.17. The van der Waals surface area contributed by atoms with E-state index in [9.17, 15) is 13.2 Å². The van der Waals surface area contributed by atoms with Crippen molar-refractivity contribution >= 4 is 32.4 Å². The molecule has 0 aliphatic rings. The van der Waals surface area contributed by atoms with Crippen molar-refractivity contribution in [2.75, 3.05) is 18.4 Å². The number of likely N-dealkylation sites (N-methyl/N-ethyl adjacent to an activating group) is 1. The monoisotopic (exact) mass is 327 g/mol. The first-order chi connectivity index (χ1) is 10.0. The SMILES string of the molecule is CNC(=O)COc1ccc(S(=O)(=O)Nc2nccs2)cc1. The second kappa shape index (κ2) is 6.55. The molecule has 1 aromatic heterocycles. The van der Waals surface area contributed by atoms with Crippen molar-refractivity contribution in [3.8, 4) is 5.75 Å². The van der Waals surface area contributed by atoms with E-state index >= 15 is 0 Å². The lowest BCUT2D eigenvalue weighted by atomic mass is 10.3. The number of thiazole rings is 1. The van der Waals surface area contributed by atoms with Crippen LogP contribution in [0.25, 0.3) is 0 Å². The van der Waals surface area contributed by atoms with Crippen molar-refractivity contribution < 1.29 is 17.9 Å². The molecule has 1 amide bonds. The van der Waals surface area contributed by atoms with Gasteiger partial charge in [-0.3, -0.25) is 9.52 Å². The maximum Gasteiger partial charge on any atom is 0.263 e. The predicted octanol–water partition coefficient (Wildman–Crippen LogP) is 1.07. The molecule has 2 rings (SSSR count). The molecule has 21 heavy (non-hydrogen) atoms. The number of nitrogens with one attached hydrogen (secondary N) is 2. The quantitative estimate of drug-likeness (QED) is 0.827. The number of benzene rings is 1. The van der Waals surface area contributed by atoms with E-state index in [4.69, 9.17) is 4.74 Å². The molecule has 0 fully saturated rings. The van der Waals surface area contributed by atoms with Gasteiger partial charge in [-0.15, -0.1) is 11.3 Å². The topological polar surface area (TPSA) is 97.4 Å². The van der Waals surface area contributed by atoms with E-state index in [-0.39, 0.29) is 17.4 Å². The summed E-state index contributed by atoms with van der Waals surface area (Å²) in [5.41, 5.74) is 0. The Morgan fingerprint density at radius 3 is 2.62 bits per heavy atom. The summed E-state index contributed by atoms with van der Waals surface area (Å²) in [5, 5.41) is 4.40. The first-order valence-corrected chi connectivity index (χ1v) is 8.23. The molecule has 7 nitrogen and oxygen atoms in total. The molecular weight excluding hydrogens is 314 g/mol. The summed E-state index contributed by atoms with van der Waals surface area (Å²) in [6, 6.07) is 5.77. The molecule has 0 unspecified atom stereocenters. The Balaban J connectivity index is 2.05. The van der Waals surface area contributed by atoms with Crippen LogP contribution in [0.4, 0.5) is 5.13 Å². The van der Waals surface area contributed by atoms with Crippen LogP contribution >= 0.6 is 11.3 Å². The average Bonchev–Trinajstić information content (AvgIpc) is 2.97. The third kappa shape index (κ3) is 4.17. The van der Waals surface area contributed by atoms with Crippen LogP contribution in [0.3, 0.4) is 0 Å². The van der Waals surface area contributed by atoms with Crippen molar-refractivity contribution in [3.63, 3.8) is 0 Å². The molecule has 2 aromatic rings. The molecule has 9 heteroatoms. The lowest BCUT2D eigenvalue weighted by Crippen LogP contribution is -2.24. The molecular formula is C12H13N3O4S2. The minimum absolute atomic E-state index is 0.0880. The lowest BCUT2D eigenvalue weighted by Gasteiger charge is -2.07. The number of amides is 1. The fourth-order valence-electron chi connectivity index (χ4n) is 1.38. The molecule has 112 valence electrons. The zero-order valence-corrected chi connectivity index (χ0v) is 12.7. The first kappa shape index (κ1) is 15.3. The summed E-state index contributed by atoms with van der Waals surface area (Å²) in [6.45, 7) is -0.125. The summed E-state index contributed by atoms with van der Waals surface area (Å²) in [7, 11) is -2.17. The Kier molecular flexibility index (Phi) is 4.76. The number of carbonyl (C=O) groups excluding carboxylic acids is 1. The smallest absolute Gasteiger partial charge is 0.263 e. The minimum atomic E-state index is -3.67. The van der Waals surface area contributed by atoms with Gasteiger partial charge in [-0.05, 0) is 24.3 Å². The second-order valence-corrected chi connectivity index (χ2v) is 6.45. The highest BCUT2D eigenvalue weighted by Crippen LogP contribution is 2.20. The van der Waals surface area contributed by atoms with Crippen LogP contribution in [0.2, 0.25) is 0 Å². The van der Waals surface area contributed by atoms with Gasteiger partial charge >= 0.3 is 0 Å². The standard InChI is InChI=1S/C12H13N3O4S2/c1-13-11(16)8-19-9-2-4-10(5-3-9)21(17,18)15-12-14-6-7-20-12/h2-7H,8H2,1H3,(H,13,16)(H,14,15). The summed E-state index contributed by atoms with van der Waals surface area (Å²) in [6.07, 6.45) is 1.51. The van der Waals surface area contributed by atoms with Crippen LogP contribution in [-0.2, 0) is 14.8 Å². The Bertz CT molecular complexity index is 697. The zero-order valence-electron chi connectivity index (χ0n) is 11.1. The second-order valence-electron chi connectivity index (χ2n) is 3.88. The van der Waals surface area contributed by atoms with Crippen molar-refractivity contribution in [1.82, 2.24) is 10.3 Å². The van der Waals surface area contributed by atoms with E-state index in [2.05, 4.69) is 15.0 Å². The zero-order chi connectivity index (χ0) is 15.3. The van der Waals surface area contributed by atoms with Crippen LogP contribution < -0.4 is 14.8 Å². The predicted molar refractivity (Wildman–Crippen MR) is 78.9 cm³/mol. The van der Waals surface area contributed by atoms with Crippen molar-refractivity contribution in [3.05, 3.63) is 35.8 Å². The summed E-state index contributed by atoms with van der Waals surface area (Å²) < 4.78 is 31.7. The van der Waals surface area contributed by atoms with E-state index in [1.807, 2.05) is 0 Å². The van der Waals surface area contributed by atoms with Gasteiger partial charge in [0.1, 0.15) is 5.75 Å². The summed E-state index contributed by atoms with van der Waals surface area (Å²) in [5.74, 6) is 0.143. The molecule has 0 saturated heterocycles. The molecule has 0 radical (unpaired) electrons. The highest BCUT2D eigenvalue weighted by atomic mass is 32.2. The number of nitrogens with zero attached hydrogens (tertiary/aromatic N) is 1. The Hall–Kier alpha value is -2.13. The molecule has 0 aliphatic heterocycles. The number of aromatic nitrogens is 1. The van der Waals surface area contributed by atoms with Crippen molar-refractivity contribution in [2.24, 2.45) is 0 Å². The van der Waals surface area contributed by atoms with Crippen molar-refractivity contribution in [1.29, 1.82) is 0 Å². The Morgan fingerprint density at radius 2 is 2.05 bits per heavy atom. The van der Waals surface area contributed by atoms with Crippen molar-refractivity contribution in [2.45, 2.75) is 4.90 Å². The Labute approximate surface area is 126 Å². The molecule has 1 aromatic carbocycles. The number of ether oxygens (including phenoxy) is 1. The number of sulfonamides is 1. The number of anilines is 1.